The summed E-state index contributed by atoms with van der Waals surface area (Å²) < 4.78 is 38.8. The molecule has 0 saturated carbocycles. The monoisotopic (exact) mass is 295 g/mol. The van der Waals surface area contributed by atoms with Crippen molar-refractivity contribution in [2.24, 2.45) is 0 Å². The summed E-state index contributed by atoms with van der Waals surface area (Å²) in [6, 6.07) is 11.3. The number of nitrogens with zero attached hydrogens (tertiary/aromatic N) is 1. The van der Waals surface area contributed by atoms with Crippen LogP contribution in [-0.2, 0) is 16.6 Å². The van der Waals surface area contributed by atoms with Gasteiger partial charge in [0.2, 0.25) is 0 Å². The van der Waals surface area contributed by atoms with Crippen LogP contribution in [0.5, 0.6) is 0 Å². The van der Waals surface area contributed by atoms with Gasteiger partial charge in [-0.15, -0.1) is 0 Å². The van der Waals surface area contributed by atoms with Gasteiger partial charge in [-0.3, -0.25) is 4.31 Å². The van der Waals surface area contributed by atoms with Crippen LogP contribution >= 0.6 is 0 Å². The van der Waals surface area contributed by atoms with Crippen LogP contribution < -0.4 is 4.31 Å². The highest BCUT2D eigenvalue weighted by atomic mass is 32.2. The minimum Gasteiger partial charge on any atom is -0.392 e. The van der Waals surface area contributed by atoms with Gasteiger partial charge in [0.05, 0.1) is 17.2 Å². The molecule has 0 amide bonds. The average molecular weight is 295 g/mol. The number of benzene rings is 2. The van der Waals surface area contributed by atoms with E-state index in [-0.39, 0.29) is 11.5 Å². The predicted molar refractivity (Wildman–Crippen MR) is 74.4 cm³/mol. The summed E-state index contributed by atoms with van der Waals surface area (Å²) >= 11 is 0. The topological polar surface area (TPSA) is 57.6 Å². The lowest BCUT2D eigenvalue weighted by Crippen LogP contribution is -2.26. The highest BCUT2D eigenvalue weighted by Crippen LogP contribution is 2.22. The summed E-state index contributed by atoms with van der Waals surface area (Å²) in [5.41, 5.74) is 0.874. The zero-order chi connectivity index (χ0) is 14.8. The van der Waals surface area contributed by atoms with Crippen molar-refractivity contribution >= 4 is 15.7 Å². The molecule has 0 saturated heterocycles. The van der Waals surface area contributed by atoms with Crippen LogP contribution in [0, 0.1) is 5.82 Å². The van der Waals surface area contributed by atoms with E-state index in [9.17, 15) is 12.8 Å². The van der Waals surface area contributed by atoms with E-state index in [1.807, 2.05) is 0 Å². The van der Waals surface area contributed by atoms with Crippen molar-refractivity contribution in [3.8, 4) is 0 Å². The molecule has 106 valence electrons. The van der Waals surface area contributed by atoms with Crippen LogP contribution in [0.1, 0.15) is 5.56 Å². The molecule has 20 heavy (non-hydrogen) atoms. The van der Waals surface area contributed by atoms with E-state index in [2.05, 4.69) is 0 Å². The number of halogens is 1. The maximum atomic E-state index is 12.9. The number of rotatable bonds is 4. The molecule has 0 heterocycles. The molecule has 0 unspecified atom stereocenters. The number of hydrogen-bond donors (Lipinski definition) is 1. The molecule has 6 heteroatoms. The molecule has 0 aromatic heterocycles. The van der Waals surface area contributed by atoms with Gasteiger partial charge in [-0.1, -0.05) is 12.1 Å². The molecular weight excluding hydrogens is 281 g/mol. The van der Waals surface area contributed by atoms with E-state index in [1.165, 1.54) is 43.4 Å². The molecule has 0 aliphatic rings. The largest absolute Gasteiger partial charge is 0.392 e. The molecule has 0 radical (unpaired) electrons. The van der Waals surface area contributed by atoms with Gasteiger partial charge < -0.3 is 5.11 Å². The first-order valence-corrected chi connectivity index (χ1v) is 7.33. The lowest BCUT2D eigenvalue weighted by atomic mass is 10.2. The number of anilines is 1. The SMILES string of the molecule is CN(c1ccc(F)cc1)S(=O)(=O)c1cccc(CO)c1. The molecule has 0 bridgehead atoms. The molecule has 0 fully saturated rings. The molecule has 0 atom stereocenters. The summed E-state index contributed by atoms with van der Waals surface area (Å²) in [6.07, 6.45) is 0. The van der Waals surface area contributed by atoms with Crippen LogP contribution in [0.2, 0.25) is 0 Å². The minimum atomic E-state index is -3.74. The number of aliphatic hydroxyl groups excluding tert-OH is 1. The molecule has 1 N–H and O–H groups in total. The van der Waals surface area contributed by atoms with Crippen molar-refractivity contribution in [2.45, 2.75) is 11.5 Å². The quantitative estimate of drug-likeness (QED) is 0.940. The second-order valence-electron chi connectivity index (χ2n) is 4.25. The summed E-state index contributed by atoms with van der Waals surface area (Å²) in [5.74, 6) is -0.429. The molecule has 4 nitrogen and oxygen atoms in total. The fourth-order valence-corrected chi connectivity index (χ4v) is 3.02. The Balaban J connectivity index is 2.40. The maximum absolute atomic E-state index is 12.9. The van der Waals surface area contributed by atoms with E-state index in [0.717, 1.165) is 4.31 Å². The molecule has 2 aromatic rings. The van der Waals surface area contributed by atoms with E-state index in [1.54, 1.807) is 12.1 Å². The second kappa shape index (κ2) is 5.60. The molecule has 0 spiro atoms. The lowest BCUT2D eigenvalue weighted by Gasteiger charge is -2.19. The molecule has 2 aromatic carbocycles. The summed E-state index contributed by atoms with van der Waals surface area (Å²) in [7, 11) is -2.34. The van der Waals surface area contributed by atoms with Gasteiger partial charge in [0.25, 0.3) is 10.0 Å². The van der Waals surface area contributed by atoms with Crippen LogP contribution in [0.25, 0.3) is 0 Å². The number of sulfonamides is 1. The Hall–Kier alpha value is -1.92. The second-order valence-corrected chi connectivity index (χ2v) is 6.22. The Bertz CT molecular complexity index is 699. The van der Waals surface area contributed by atoms with Gasteiger partial charge in [-0.25, -0.2) is 12.8 Å². The van der Waals surface area contributed by atoms with Gasteiger partial charge in [-0.2, -0.15) is 0 Å². The summed E-state index contributed by atoms with van der Waals surface area (Å²) in [4.78, 5) is 0.0795. The van der Waals surface area contributed by atoms with E-state index in [4.69, 9.17) is 5.11 Å². The fourth-order valence-electron chi connectivity index (χ4n) is 1.75. The van der Waals surface area contributed by atoms with Crippen molar-refractivity contribution in [3.63, 3.8) is 0 Å². The summed E-state index contributed by atoms with van der Waals surface area (Å²) in [6.45, 7) is -0.233. The average Bonchev–Trinajstić information content (AvgIpc) is 2.47. The molecular formula is C14H14FNO3S. The Morgan fingerprint density at radius 1 is 1.15 bits per heavy atom. The van der Waals surface area contributed by atoms with Crippen molar-refractivity contribution in [1.29, 1.82) is 0 Å². The zero-order valence-corrected chi connectivity index (χ0v) is 11.6. The number of hydrogen-bond acceptors (Lipinski definition) is 3. The van der Waals surface area contributed by atoms with Crippen molar-refractivity contribution in [3.05, 3.63) is 59.9 Å². The van der Waals surface area contributed by atoms with E-state index < -0.39 is 15.8 Å². The third-order valence-corrected chi connectivity index (χ3v) is 4.71. The van der Waals surface area contributed by atoms with Gasteiger partial charge in [-0.05, 0) is 42.0 Å². The van der Waals surface area contributed by atoms with Crippen LogP contribution in [0.4, 0.5) is 10.1 Å². The van der Waals surface area contributed by atoms with Gasteiger partial charge in [0.1, 0.15) is 5.82 Å². The smallest absolute Gasteiger partial charge is 0.264 e. The highest BCUT2D eigenvalue weighted by molar-refractivity contribution is 7.92. The van der Waals surface area contributed by atoms with Crippen LogP contribution in [-0.4, -0.2) is 20.6 Å². The Labute approximate surface area is 117 Å². The third kappa shape index (κ3) is 2.81. The molecule has 0 aliphatic carbocycles. The standard InChI is InChI=1S/C14H14FNO3S/c1-16(13-7-5-12(15)6-8-13)20(18,19)14-4-2-3-11(9-14)10-17/h2-9,17H,10H2,1H3. The van der Waals surface area contributed by atoms with E-state index in [0.29, 0.717) is 11.3 Å². The van der Waals surface area contributed by atoms with Gasteiger partial charge >= 0.3 is 0 Å². The first-order valence-electron chi connectivity index (χ1n) is 5.89. The maximum Gasteiger partial charge on any atom is 0.264 e. The summed E-state index contributed by atoms with van der Waals surface area (Å²) in [5, 5.41) is 9.06. The Kier molecular flexibility index (Phi) is 4.06. The van der Waals surface area contributed by atoms with Crippen LogP contribution in [0.15, 0.2) is 53.4 Å². The van der Waals surface area contributed by atoms with Gasteiger partial charge in [0, 0.05) is 7.05 Å². The third-order valence-electron chi connectivity index (χ3n) is 2.93. The van der Waals surface area contributed by atoms with Crippen molar-refractivity contribution < 1.29 is 17.9 Å². The molecule has 0 aliphatic heterocycles. The zero-order valence-electron chi connectivity index (χ0n) is 10.8. The predicted octanol–water partition coefficient (Wildman–Crippen LogP) is 2.14. The Morgan fingerprint density at radius 3 is 2.40 bits per heavy atom. The van der Waals surface area contributed by atoms with Crippen molar-refractivity contribution in [2.75, 3.05) is 11.4 Å². The first kappa shape index (κ1) is 14.5. The van der Waals surface area contributed by atoms with E-state index >= 15 is 0 Å². The normalized spacial score (nSPS) is 11.3. The Morgan fingerprint density at radius 2 is 1.80 bits per heavy atom. The van der Waals surface area contributed by atoms with Gasteiger partial charge in [0.15, 0.2) is 0 Å². The first-order chi connectivity index (χ1) is 9.45. The molecule has 2 rings (SSSR count). The van der Waals surface area contributed by atoms with Crippen LogP contribution in [0.3, 0.4) is 0 Å². The number of aliphatic hydroxyl groups is 1. The minimum absolute atomic E-state index is 0.0795. The highest BCUT2D eigenvalue weighted by Gasteiger charge is 2.21. The lowest BCUT2D eigenvalue weighted by molar-refractivity contribution is 0.281. The van der Waals surface area contributed by atoms with Crippen molar-refractivity contribution in [1.82, 2.24) is 0 Å². The fraction of sp³-hybridized carbons (Fsp3) is 0.143.